The van der Waals surface area contributed by atoms with Crippen molar-refractivity contribution < 1.29 is 4.39 Å². The lowest BCUT2D eigenvalue weighted by Crippen LogP contribution is -2.23. The quantitative estimate of drug-likeness (QED) is 0.862. The van der Waals surface area contributed by atoms with Crippen molar-refractivity contribution in [3.8, 4) is 0 Å². The zero-order valence-electron chi connectivity index (χ0n) is 9.61. The van der Waals surface area contributed by atoms with Crippen LogP contribution in [0.3, 0.4) is 0 Å². The van der Waals surface area contributed by atoms with Crippen LogP contribution in [0.2, 0.25) is 0 Å². The molecule has 0 unspecified atom stereocenters. The van der Waals surface area contributed by atoms with Crippen LogP contribution in [0.4, 0.5) is 4.39 Å². The van der Waals surface area contributed by atoms with Gasteiger partial charge in [0.05, 0.1) is 10.9 Å². The van der Waals surface area contributed by atoms with E-state index in [1.165, 1.54) is 22.8 Å². The summed E-state index contributed by atoms with van der Waals surface area (Å²) in [4.78, 5) is 16.3. The van der Waals surface area contributed by atoms with E-state index in [0.717, 1.165) is 6.42 Å². The SMILES string of the molecule is Cn1c(CCCN)nc2cc(F)ccc2c1=O. The van der Waals surface area contributed by atoms with Gasteiger partial charge in [-0.05, 0) is 25.1 Å². The zero-order chi connectivity index (χ0) is 12.4. The Balaban J connectivity index is 2.63. The number of rotatable bonds is 3. The van der Waals surface area contributed by atoms with Crippen LogP contribution < -0.4 is 11.3 Å². The molecule has 4 nitrogen and oxygen atoms in total. The number of hydrogen-bond acceptors (Lipinski definition) is 3. The first-order chi connectivity index (χ1) is 8.13. The first kappa shape index (κ1) is 11.7. The van der Waals surface area contributed by atoms with Crippen molar-refractivity contribution in [2.45, 2.75) is 12.8 Å². The molecule has 0 fully saturated rings. The minimum absolute atomic E-state index is 0.151. The summed E-state index contributed by atoms with van der Waals surface area (Å²) in [6.07, 6.45) is 1.37. The largest absolute Gasteiger partial charge is 0.330 e. The van der Waals surface area contributed by atoms with Crippen LogP contribution in [0.5, 0.6) is 0 Å². The van der Waals surface area contributed by atoms with E-state index in [1.807, 2.05) is 0 Å². The molecule has 0 atom stereocenters. The summed E-state index contributed by atoms with van der Waals surface area (Å²) in [7, 11) is 1.67. The summed E-state index contributed by atoms with van der Waals surface area (Å²) in [6, 6.07) is 4.01. The van der Waals surface area contributed by atoms with E-state index in [1.54, 1.807) is 7.05 Å². The fraction of sp³-hybridized carbons (Fsp3) is 0.333. The number of nitrogens with zero attached hydrogens (tertiary/aromatic N) is 2. The Morgan fingerprint density at radius 3 is 2.94 bits per heavy atom. The third kappa shape index (κ3) is 2.19. The summed E-state index contributed by atoms with van der Waals surface area (Å²) < 4.78 is 14.6. The van der Waals surface area contributed by atoms with Gasteiger partial charge in [0.1, 0.15) is 11.6 Å². The van der Waals surface area contributed by atoms with Crippen LogP contribution in [0.25, 0.3) is 10.9 Å². The van der Waals surface area contributed by atoms with Crippen molar-refractivity contribution in [1.29, 1.82) is 0 Å². The lowest BCUT2D eigenvalue weighted by atomic mass is 10.2. The van der Waals surface area contributed by atoms with Crippen molar-refractivity contribution in [3.05, 3.63) is 40.2 Å². The van der Waals surface area contributed by atoms with E-state index in [0.29, 0.717) is 29.7 Å². The number of aryl methyl sites for hydroxylation is 1. The summed E-state index contributed by atoms with van der Waals surface area (Å²) >= 11 is 0. The van der Waals surface area contributed by atoms with Crippen LogP contribution in [-0.2, 0) is 13.5 Å². The molecule has 0 saturated carbocycles. The summed E-state index contributed by atoms with van der Waals surface area (Å²) in [6.45, 7) is 0.539. The summed E-state index contributed by atoms with van der Waals surface area (Å²) in [5, 5.41) is 0.436. The number of benzene rings is 1. The monoisotopic (exact) mass is 235 g/mol. The van der Waals surface area contributed by atoms with Gasteiger partial charge in [-0.3, -0.25) is 9.36 Å². The highest BCUT2D eigenvalue weighted by molar-refractivity contribution is 5.77. The maximum Gasteiger partial charge on any atom is 0.261 e. The van der Waals surface area contributed by atoms with E-state index in [9.17, 15) is 9.18 Å². The lowest BCUT2D eigenvalue weighted by molar-refractivity contribution is 0.628. The van der Waals surface area contributed by atoms with Crippen LogP contribution in [0, 0.1) is 5.82 Å². The first-order valence-electron chi connectivity index (χ1n) is 5.48. The highest BCUT2D eigenvalue weighted by atomic mass is 19.1. The van der Waals surface area contributed by atoms with Crippen molar-refractivity contribution in [2.75, 3.05) is 6.54 Å². The number of aromatic nitrogens is 2. The third-order valence-electron chi connectivity index (χ3n) is 2.74. The van der Waals surface area contributed by atoms with E-state index in [4.69, 9.17) is 5.73 Å². The van der Waals surface area contributed by atoms with Gasteiger partial charge in [0, 0.05) is 19.5 Å². The van der Waals surface area contributed by atoms with E-state index in [2.05, 4.69) is 4.98 Å². The average Bonchev–Trinajstić information content (AvgIpc) is 2.31. The van der Waals surface area contributed by atoms with Gasteiger partial charge >= 0.3 is 0 Å². The van der Waals surface area contributed by atoms with Gasteiger partial charge in [0.15, 0.2) is 0 Å². The molecule has 1 aromatic carbocycles. The molecule has 0 aliphatic heterocycles. The Kier molecular flexibility index (Phi) is 3.19. The van der Waals surface area contributed by atoms with E-state index < -0.39 is 0 Å². The van der Waals surface area contributed by atoms with E-state index in [-0.39, 0.29) is 11.4 Å². The summed E-state index contributed by atoms with van der Waals surface area (Å²) in [5.74, 6) is 0.251. The minimum Gasteiger partial charge on any atom is -0.330 e. The van der Waals surface area contributed by atoms with Crippen molar-refractivity contribution in [2.24, 2.45) is 12.8 Å². The second kappa shape index (κ2) is 4.63. The predicted molar refractivity (Wildman–Crippen MR) is 64.3 cm³/mol. The normalized spacial score (nSPS) is 11.0. The molecule has 0 spiro atoms. The van der Waals surface area contributed by atoms with Crippen molar-refractivity contribution in [3.63, 3.8) is 0 Å². The second-order valence-corrected chi connectivity index (χ2v) is 3.95. The fourth-order valence-electron chi connectivity index (χ4n) is 1.77. The molecule has 2 N–H and O–H groups in total. The maximum atomic E-state index is 13.1. The van der Waals surface area contributed by atoms with Crippen LogP contribution >= 0.6 is 0 Å². The Labute approximate surface area is 97.9 Å². The molecule has 2 rings (SSSR count). The Bertz CT molecular complexity index is 606. The molecule has 0 amide bonds. The van der Waals surface area contributed by atoms with Gasteiger partial charge in [0.25, 0.3) is 5.56 Å². The van der Waals surface area contributed by atoms with Gasteiger partial charge in [-0.2, -0.15) is 0 Å². The van der Waals surface area contributed by atoms with Crippen LogP contribution in [0.1, 0.15) is 12.2 Å². The average molecular weight is 235 g/mol. The highest BCUT2D eigenvalue weighted by Gasteiger charge is 2.08. The molecule has 5 heteroatoms. The Morgan fingerprint density at radius 1 is 1.47 bits per heavy atom. The maximum absolute atomic E-state index is 13.1. The van der Waals surface area contributed by atoms with Gasteiger partial charge in [-0.15, -0.1) is 0 Å². The highest BCUT2D eigenvalue weighted by Crippen LogP contribution is 2.10. The topological polar surface area (TPSA) is 60.9 Å². The zero-order valence-corrected chi connectivity index (χ0v) is 9.61. The van der Waals surface area contributed by atoms with Gasteiger partial charge < -0.3 is 5.73 Å². The molecule has 0 aliphatic carbocycles. The first-order valence-corrected chi connectivity index (χ1v) is 5.48. The standard InChI is InChI=1S/C12H14FN3O/c1-16-11(3-2-6-14)15-10-7-8(13)4-5-9(10)12(16)17/h4-5,7H,2-3,6,14H2,1H3. The van der Waals surface area contributed by atoms with Crippen LogP contribution in [0.15, 0.2) is 23.0 Å². The molecule has 0 saturated heterocycles. The van der Waals surface area contributed by atoms with Crippen molar-refractivity contribution >= 4 is 10.9 Å². The number of hydrogen-bond donors (Lipinski definition) is 1. The second-order valence-electron chi connectivity index (χ2n) is 3.95. The molecule has 90 valence electrons. The number of halogens is 1. The smallest absolute Gasteiger partial charge is 0.261 e. The molecule has 1 heterocycles. The third-order valence-corrected chi connectivity index (χ3v) is 2.74. The lowest BCUT2D eigenvalue weighted by Gasteiger charge is -2.08. The van der Waals surface area contributed by atoms with Gasteiger partial charge in [-0.1, -0.05) is 0 Å². The number of nitrogens with two attached hydrogens (primary N) is 1. The molecule has 0 bridgehead atoms. The number of fused-ring (bicyclic) bond motifs is 1. The molecule has 0 aliphatic rings. The van der Waals surface area contributed by atoms with Crippen LogP contribution in [-0.4, -0.2) is 16.1 Å². The molecule has 17 heavy (non-hydrogen) atoms. The minimum atomic E-state index is -0.386. The van der Waals surface area contributed by atoms with E-state index >= 15 is 0 Å². The molecular weight excluding hydrogens is 221 g/mol. The molecule has 2 aromatic rings. The molecule has 1 aromatic heterocycles. The van der Waals surface area contributed by atoms with Crippen molar-refractivity contribution in [1.82, 2.24) is 9.55 Å². The Morgan fingerprint density at radius 2 is 2.24 bits per heavy atom. The predicted octanol–water partition coefficient (Wildman–Crippen LogP) is 0.964. The van der Waals surface area contributed by atoms with Gasteiger partial charge in [0.2, 0.25) is 0 Å². The Hall–Kier alpha value is -1.75. The molecule has 0 radical (unpaired) electrons. The molecular formula is C12H14FN3O. The summed E-state index contributed by atoms with van der Waals surface area (Å²) in [5.41, 5.74) is 5.68. The van der Waals surface area contributed by atoms with Gasteiger partial charge in [-0.25, -0.2) is 9.37 Å². The fourth-order valence-corrected chi connectivity index (χ4v) is 1.77.